The number of benzene rings is 1. The summed E-state index contributed by atoms with van der Waals surface area (Å²) >= 11 is 7.89. The Morgan fingerprint density at radius 3 is 2.72 bits per heavy atom. The molecule has 0 aliphatic carbocycles. The number of thiophene rings is 1. The molecule has 1 aromatic heterocycles. The van der Waals surface area contributed by atoms with Gasteiger partial charge in [0.1, 0.15) is 5.75 Å². The Balaban J connectivity index is 2.34. The first-order valence-corrected chi connectivity index (χ1v) is 7.17. The molecule has 18 heavy (non-hydrogen) atoms. The van der Waals surface area contributed by atoms with Crippen LogP contribution in [-0.2, 0) is 0 Å². The average molecular weight is 282 g/mol. The molecule has 96 valence electrons. The van der Waals surface area contributed by atoms with Gasteiger partial charge in [-0.25, -0.2) is 0 Å². The van der Waals surface area contributed by atoms with E-state index in [1.807, 2.05) is 12.1 Å². The van der Waals surface area contributed by atoms with E-state index in [4.69, 9.17) is 16.3 Å². The van der Waals surface area contributed by atoms with Crippen molar-refractivity contribution in [3.8, 4) is 5.75 Å². The number of ether oxygens (including phenoxy) is 1. The van der Waals surface area contributed by atoms with E-state index in [9.17, 15) is 0 Å². The van der Waals surface area contributed by atoms with Crippen LogP contribution in [0, 0.1) is 0 Å². The second kappa shape index (κ2) is 6.23. The molecule has 1 N–H and O–H groups in total. The highest BCUT2D eigenvalue weighted by molar-refractivity contribution is 7.08. The molecular formula is C14H16ClNOS. The molecule has 1 aromatic carbocycles. The van der Waals surface area contributed by atoms with Crippen molar-refractivity contribution in [2.45, 2.75) is 13.0 Å². The monoisotopic (exact) mass is 281 g/mol. The number of hydrogen-bond donors (Lipinski definition) is 1. The first-order valence-electron chi connectivity index (χ1n) is 5.85. The van der Waals surface area contributed by atoms with Crippen LogP contribution in [0.15, 0.2) is 35.0 Å². The summed E-state index contributed by atoms with van der Waals surface area (Å²) in [5.74, 6) is 0.709. The van der Waals surface area contributed by atoms with Crippen LogP contribution < -0.4 is 10.1 Å². The van der Waals surface area contributed by atoms with Crippen LogP contribution in [0.5, 0.6) is 5.75 Å². The smallest absolute Gasteiger partial charge is 0.137 e. The van der Waals surface area contributed by atoms with Crippen LogP contribution in [0.2, 0.25) is 5.02 Å². The topological polar surface area (TPSA) is 21.3 Å². The van der Waals surface area contributed by atoms with Crippen LogP contribution >= 0.6 is 22.9 Å². The van der Waals surface area contributed by atoms with E-state index in [1.54, 1.807) is 18.4 Å². The molecule has 2 rings (SSSR count). The molecule has 1 heterocycles. The minimum atomic E-state index is 0.185. The highest BCUT2D eigenvalue weighted by Crippen LogP contribution is 2.30. The van der Waals surface area contributed by atoms with E-state index < -0.39 is 0 Å². The summed E-state index contributed by atoms with van der Waals surface area (Å²) in [5, 5.41) is 8.37. The molecule has 1 unspecified atom stereocenters. The van der Waals surface area contributed by atoms with Gasteiger partial charge in [0.2, 0.25) is 0 Å². The predicted molar refractivity (Wildman–Crippen MR) is 77.8 cm³/mol. The number of halogens is 1. The zero-order chi connectivity index (χ0) is 13.0. The summed E-state index contributed by atoms with van der Waals surface area (Å²) in [6, 6.07) is 8.25. The fourth-order valence-electron chi connectivity index (χ4n) is 1.93. The van der Waals surface area contributed by atoms with Gasteiger partial charge in [0.25, 0.3) is 0 Å². The highest BCUT2D eigenvalue weighted by atomic mass is 35.5. The Hall–Kier alpha value is -1.03. The van der Waals surface area contributed by atoms with Crippen LogP contribution in [0.4, 0.5) is 0 Å². The number of methoxy groups -OCH3 is 1. The first-order chi connectivity index (χ1) is 8.76. The number of hydrogen-bond acceptors (Lipinski definition) is 3. The van der Waals surface area contributed by atoms with Gasteiger partial charge in [0.15, 0.2) is 0 Å². The lowest BCUT2D eigenvalue weighted by atomic mass is 10.0. The summed E-state index contributed by atoms with van der Waals surface area (Å²) < 4.78 is 5.18. The van der Waals surface area contributed by atoms with E-state index in [2.05, 4.69) is 35.1 Å². The Morgan fingerprint density at radius 1 is 1.33 bits per heavy atom. The predicted octanol–water partition coefficient (Wildman–Crippen LogP) is 4.11. The average Bonchev–Trinajstić information content (AvgIpc) is 2.89. The van der Waals surface area contributed by atoms with Gasteiger partial charge in [-0.3, -0.25) is 0 Å². The molecule has 0 radical (unpaired) electrons. The lowest BCUT2D eigenvalue weighted by Crippen LogP contribution is -2.21. The van der Waals surface area contributed by atoms with Gasteiger partial charge in [-0.15, -0.1) is 0 Å². The minimum absolute atomic E-state index is 0.185. The van der Waals surface area contributed by atoms with Crippen molar-refractivity contribution >= 4 is 22.9 Å². The van der Waals surface area contributed by atoms with Crippen LogP contribution in [-0.4, -0.2) is 13.7 Å². The third-order valence-electron chi connectivity index (χ3n) is 2.79. The quantitative estimate of drug-likeness (QED) is 0.890. The fraction of sp³-hybridized carbons (Fsp3) is 0.286. The third-order valence-corrected chi connectivity index (χ3v) is 3.79. The molecule has 0 amide bonds. The van der Waals surface area contributed by atoms with E-state index in [0.29, 0.717) is 10.8 Å². The number of nitrogens with one attached hydrogen (secondary N) is 1. The zero-order valence-electron chi connectivity index (χ0n) is 10.4. The largest absolute Gasteiger partial charge is 0.495 e. The van der Waals surface area contributed by atoms with Gasteiger partial charge in [-0.05, 0) is 46.6 Å². The molecule has 0 spiro atoms. The SMILES string of the molecule is CCNC(c1ccsc1)c1ccc(OC)c(Cl)c1. The Bertz CT molecular complexity index is 499. The molecule has 0 saturated carbocycles. The molecule has 0 aliphatic heterocycles. The van der Waals surface area contributed by atoms with Crippen molar-refractivity contribution in [2.24, 2.45) is 0 Å². The van der Waals surface area contributed by atoms with E-state index in [0.717, 1.165) is 12.1 Å². The van der Waals surface area contributed by atoms with Gasteiger partial charge >= 0.3 is 0 Å². The Labute approximate surface area is 117 Å². The molecule has 2 nitrogen and oxygen atoms in total. The summed E-state index contributed by atoms with van der Waals surface area (Å²) in [6.07, 6.45) is 0. The van der Waals surface area contributed by atoms with Gasteiger partial charge in [-0.1, -0.05) is 24.6 Å². The lowest BCUT2D eigenvalue weighted by Gasteiger charge is -2.18. The normalized spacial score (nSPS) is 12.4. The van der Waals surface area contributed by atoms with Gasteiger partial charge in [0, 0.05) is 0 Å². The van der Waals surface area contributed by atoms with Gasteiger partial charge < -0.3 is 10.1 Å². The minimum Gasteiger partial charge on any atom is -0.495 e. The van der Waals surface area contributed by atoms with Crippen molar-refractivity contribution in [3.63, 3.8) is 0 Å². The summed E-state index contributed by atoms with van der Waals surface area (Å²) in [4.78, 5) is 0. The Morgan fingerprint density at radius 2 is 2.17 bits per heavy atom. The second-order valence-corrected chi connectivity index (χ2v) is 5.13. The van der Waals surface area contributed by atoms with E-state index in [1.165, 1.54) is 5.56 Å². The fourth-order valence-corrected chi connectivity index (χ4v) is 2.89. The number of rotatable bonds is 5. The maximum atomic E-state index is 6.18. The van der Waals surface area contributed by atoms with E-state index >= 15 is 0 Å². The molecule has 2 aromatic rings. The summed E-state index contributed by atoms with van der Waals surface area (Å²) in [6.45, 7) is 3.01. The van der Waals surface area contributed by atoms with Crippen LogP contribution in [0.25, 0.3) is 0 Å². The van der Waals surface area contributed by atoms with Gasteiger partial charge in [0.05, 0.1) is 18.2 Å². The molecular weight excluding hydrogens is 266 g/mol. The Kier molecular flexibility index (Phi) is 4.64. The zero-order valence-corrected chi connectivity index (χ0v) is 12.0. The van der Waals surface area contributed by atoms with Crippen molar-refractivity contribution in [1.29, 1.82) is 0 Å². The molecule has 0 aliphatic rings. The lowest BCUT2D eigenvalue weighted by molar-refractivity contribution is 0.414. The van der Waals surface area contributed by atoms with Gasteiger partial charge in [-0.2, -0.15) is 11.3 Å². The van der Waals surface area contributed by atoms with Crippen LogP contribution in [0.1, 0.15) is 24.1 Å². The summed E-state index contributed by atoms with van der Waals surface area (Å²) in [7, 11) is 1.63. The third kappa shape index (κ3) is 2.86. The molecule has 0 fully saturated rings. The highest BCUT2D eigenvalue weighted by Gasteiger charge is 2.14. The molecule has 0 saturated heterocycles. The maximum absolute atomic E-state index is 6.18. The molecule has 0 bridgehead atoms. The molecule has 1 atom stereocenters. The first kappa shape index (κ1) is 13.4. The van der Waals surface area contributed by atoms with Crippen molar-refractivity contribution < 1.29 is 4.74 Å². The summed E-state index contributed by atoms with van der Waals surface area (Å²) in [5.41, 5.74) is 2.42. The standard InChI is InChI=1S/C14H16ClNOS/c1-3-16-14(11-6-7-18-9-11)10-4-5-13(17-2)12(15)8-10/h4-9,14,16H,3H2,1-2H3. The maximum Gasteiger partial charge on any atom is 0.137 e. The van der Waals surface area contributed by atoms with Crippen molar-refractivity contribution in [1.82, 2.24) is 5.32 Å². The van der Waals surface area contributed by atoms with Crippen molar-refractivity contribution in [2.75, 3.05) is 13.7 Å². The van der Waals surface area contributed by atoms with Crippen molar-refractivity contribution in [3.05, 3.63) is 51.2 Å². The van der Waals surface area contributed by atoms with E-state index in [-0.39, 0.29) is 6.04 Å². The second-order valence-electron chi connectivity index (χ2n) is 3.94. The van der Waals surface area contributed by atoms with Crippen LogP contribution in [0.3, 0.4) is 0 Å². The molecule has 4 heteroatoms.